The Hall–Kier alpha value is -3.45. The first kappa shape index (κ1) is 19.8. The molecule has 0 fully saturated rings. The van der Waals surface area contributed by atoms with Gasteiger partial charge in [0.2, 0.25) is 5.95 Å². The van der Waals surface area contributed by atoms with E-state index in [0.717, 1.165) is 17.7 Å². The van der Waals surface area contributed by atoms with Gasteiger partial charge in [-0.05, 0) is 30.0 Å². The minimum Gasteiger partial charge on any atom is -0.486 e. The Kier molecular flexibility index (Phi) is 6.20. The lowest BCUT2D eigenvalue weighted by atomic mass is 9.82. The molecule has 1 aliphatic rings. The number of rotatable bonds is 7. The van der Waals surface area contributed by atoms with Crippen LogP contribution in [0.25, 0.3) is 0 Å². The average molecular weight is 404 g/mol. The Labute approximate surface area is 175 Å². The molecule has 0 aliphatic heterocycles. The second-order valence-corrected chi connectivity index (χ2v) is 7.23. The number of nitrogens with one attached hydrogen (secondary N) is 1. The van der Waals surface area contributed by atoms with Crippen molar-refractivity contribution in [3.8, 4) is 5.75 Å². The fourth-order valence-electron chi connectivity index (χ4n) is 3.64. The number of benzene rings is 2. The lowest BCUT2D eigenvalue weighted by Crippen LogP contribution is -2.30. The molecule has 4 rings (SSSR count). The van der Waals surface area contributed by atoms with Crippen molar-refractivity contribution >= 4 is 11.7 Å². The van der Waals surface area contributed by atoms with E-state index in [1.807, 2.05) is 48.5 Å². The molecule has 1 aliphatic carbocycles. The molecule has 0 spiro atoms. The van der Waals surface area contributed by atoms with Crippen molar-refractivity contribution in [1.82, 2.24) is 9.97 Å². The first-order valence-corrected chi connectivity index (χ1v) is 9.95. The molecule has 3 aromatic rings. The lowest BCUT2D eigenvalue weighted by Gasteiger charge is -2.25. The van der Waals surface area contributed by atoms with Crippen molar-refractivity contribution in [3.05, 3.63) is 83.7 Å². The molecule has 3 N–H and O–H groups in total. The molecule has 30 heavy (non-hydrogen) atoms. The van der Waals surface area contributed by atoms with Gasteiger partial charge >= 0.3 is 0 Å². The highest BCUT2D eigenvalue weighted by atomic mass is 16.5. The predicted molar refractivity (Wildman–Crippen MR) is 114 cm³/mol. The number of para-hydroxylation sites is 1. The van der Waals surface area contributed by atoms with Crippen LogP contribution in [0.3, 0.4) is 0 Å². The summed E-state index contributed by atoms with van der Waals surface area (Å²) in [6.45, 7) is 0.220. The van der Waals surface area contributed by atoms with Crippen molar-refractivity contribution in [3.63, 3.8) is 0 Å². The van der Waals surface area contributed by atoms with Gasteiger partial charge < -0.3 is 20.4 Å². The van der Waals surface area contributed by atoms with E-state index in [1.165, 1.54) is 5.56 Å². The molecule has 0 bridgehead atoms. The molecule has 1 aromatic heterocycles. The van der Waals surface area contributed by atoms with Crippen LogP contribution in [0.15, 0.2) is 72.0 Å². The number of anilines is 1. The van der Waals surface area contributed by atoms with Crippen LogP contribution in [0.1, 0.15) is 29.2 Å². The zero-order valence-electron chi connectivity index (χ0n) is 16.5. The molecule has 2 aromatic carbocycles. The summed E-state index contributed by atoms with van der Waals surface area (Å²) in [5.74, 6) is 1.34. The first-order chi connectivity index (χ1) is 14.8. The Morgan fingerprint density at radius 2 is 1.80 bits per heavy atom. The first-order valence-electron chi connectivity index (χ1n) is 9.95. The number of oxime groups is 1. The Morgan fingerprint density at radius 3 is 2.50 bits per heavy atom. The number of aromatic nitrogens is 2. The molecule has 7 nitrogen and oxygen atoms in total. The van der Waals surface area contributed by atoms with E-state index < -0.39 is 6.10 Å². The lowest BCUT2D eigenvalue weighted by molar-refractivity contribution is 0.125. The van der Waals surface area contributed by atoms with Gasteiger partial charge in [0, 0.05) is 18.2 Å². The SMILES string of the molecule is OCC(CNc1ncc2c(n1)CC(c1ccccc1)C/C2=N\O)Oc1ccccc1. The van der Waals surface area contributed by atoms with Crippen molar-refractivity contribution in [2.24, 2.45) is 5.16 Å². The van der Waals surface area contributed by atoms with Crippen LogP contribution in [0.4, 0.5) is 5.95 Å². The maximum atomic E-state index is 9.64. The van der Waals surface area contributed by atoms with Gasteiger partial charge in [-0.1, -0.05) is 53.7 Å². The number of hydrogen-bond donors (Lipinski definition) is 3. The van der Waals surface area contributed by atoms with Crippen molar-refractivity contribution in [1.29, 1.82) is 0 Å². The number of aliphatic hydroxyl groups is 1. The highest BCUT2D eigenvalue weighted by Gasteiger charge is 2.27. The summed E-state index contributed by atoms with van der Waals surface area (Å²) in [6.07, 6.45) is 2.63. The molecular weight excluding hydrogens is 380 g/mol. The predicted octanol–water partition coefficient (Wildman–Crippen LogP) is 3.24. The summed E-state index contributed by atoms with van der Waals surface area (Å²) in [6, 6.07) is 19.5. The molecule has 0 amide bonds. The highest BCUT2D eigenvalue weighted by molar-refractivity contribution is 6.02. The number of ether oxygens (including phenoxy) is 1. The summed E-state index contributed by atoms with van der Waals surface area (Å²) < 4.78 is 5.79. The Balaban J connectivity index is 1.47. The van der Waals surface area contributed by atoms with E-state index in [9.17, 15) is 10.3 Å². The second kappa shape index (κ2) is 9.37. The summed E-state index contributed by atoms with van der Waals surface area (Å²) >= 11 is 0. The summed E-state index contributed by atoms with van der Waals surface area (Å²) in [7, 11) is 0. The van der Waals surface area contributed by atoms with E-state index in [-0.39, 0.29) is 12.5 Å². The molecule has 2 atom stereocenters. The van der Waals surface area contributed by atoms with Crippen LogP contribution in [0, 0.1) is 0 Å². The van der Waals surface area contributed by atoms with Crippen molar-refractivity contribution in [2.75, 3.05) is 18.5 Å². The van der Waals surface area contributed by atoms with E-state index in [2.05, 4.69) is 32.6 Å². The van der Waals surface area contributed by atoms with Crippen LogP contribution < -0.4 is 10.1 Å². The third-order valence-corrected chi connectivity index (χ3v) is 5.19. The standard InChI is InChI=1S/C23H24N4O3/c28-15-19(30-18-9-5-2-6-10-18)13-24-23-25-14-20-21(26-23)11-17(12-22(20)27-29)16-7-3-1-4-8-16/h1-10,14,17,19,28-29H,11-13,15H2,(H,24,25,26)/b27-22+. The maximum absolute atomic E-state index is 9.64. The largest absolute Gasteiger partial charge is 0.486 e. The van der Waals surface area contributed by atoms with Crippen LogP contribution >= 0.6 is 0 Å². The van der Waals surface area contributed by atoms with Gasteiger partial charge in [-0.3, -0.25) is 0 Å². The number of fused-ring (bicyclic) bond motifs is 1. The molecule has 0 radical (unpaired) electrons. The van der Waals surface area contributed by atoms with Gasteiger partial charge in [-0.25, -0.2) is 9.97 Å². The normalized spacial score (nSPS) is 17.9. The molecule has 0 saturated carbocycles. The number of aliphatic hydroxyl groups excluding tert-OH is 1. The smallest absolute Gasteiger partial charge is 0.223 e. The minimum atomic E-state index is -0.432. The summed E-state index contributed by atoms with van der Waals surface area (Å²) in [5, 5.41) is 25.8. The molecule has 1 heterocycles. The summed E-state index contributed by atoms with van der Waals surface area (Å²) in [5.41, 5.74) is 3.39. The minimum absolute atomic E-state index is 0.135. The van der Waals surface area contributed by atoms with Crippen LogP contribution in [-0.2, 0) is 6.42 Å². The molecular formula is C23H24N4O3. The fraction of sp³-hybridized carbons (Fsp3) is 0.261. The van der Waals surface area contributed by atoms with Crippen LogP contribution in [0.2, 0.25) is 0 Å². The molecule has 154 valence electrons. The van der Waals surface area contributed by atoms with E-state index in [0.29, 0.717) is 30.4 Å². The molecule has 2 unspecified atom stereocenters. The van der Waals surface area contributed by atoms with Gasteiger partial charge in [0.25, 0.3) is 0 Å². The van der Waals surface area contributed by atoms with E-state index in [1.54, 1.807) is 6.20 Å². The van der Waals surface area contributed by atoms with E-state index >= 15 is 0 Å². The van der Waals surface area contributed by atoms with Crippen molar-refractivity contribution < 1.29 is 15.1 Å². The highest BCUT2D eigenvalue weighted by Crippen LogP contribution is 2.32. The van der Waals surface area contributed by atoms with Crippen LogP contribution in [-0.4, -0.2) is 45.2 Å². The van der Waals surface area contributed by atoms with E-state index in [4.69, 9.17) is 4.74 Å². The maximum Gasteiger partial charge on any atom is 0.223 e. The van der Waals surface area contributed by atoms with Gasteiger partial charge in [-0.2, -0.15) is 0 Å². The van der Waals surface area contributed by atoms with Gasteiger partial charge in [-0.15, -0.1) is 0 Å². The number of nitrogens with zero attached hydrogens (tertiary/aromatic N) is 3. The third kappa shape index (κ3) is 4.58. The van der Waals surface area contributed by atoms with Gasteiger partial charge in [0.15, 0.2) is 0 Å². The quantitative estimate of drug-likeness (QED) is 0.413. The zero-order valence-corrected chi connectivity index (χ0v) is 16.5. The van der Waals surface area contributed by atoms with Crippen molar-refractivity contribution in [2.45, 2.75) is 24.9 Å². The molecule has 0 saturated heterocycles. The Bertz CT molecular complexity index is 996. The topological polar surface area (TPSA) is 99.9 Å². The average Bonchev–Trinajstić information content (AvgIpc) is 2.82. The molecule has 7 heteroatoms. The number of hydrogen-bond acceptors (Lipinski definition) is 7. The third-order valence-electron chi connectivity index (χ3n) is 5.19. The second-order valence-electron chi connectivity index (χ2n) is 7.23. The zero-order chi connectivity index (χ0) is 20.8. The van der Waals surface area contributed by atoms with Gasteiger partial charge in [0.1, 0.15) is 11.9 Å². The Morgan fingerprint density at radius 1 is 1.07 bits per heavy atom. The summed E-state index contributed by atoms with van der Waals surface area (Å²) in [4.78, 5) is 9.00. The van der Waals surface area contributed by atoms with Gasteiger partial charge in [0.05, 0.1) is 24.6 Å². The van der Waals surface area contributed by atoms with Crippen LogP contribution in [0.5, 0.6) is 5.75 Å². The monoisotopic (exact) mass is 404 g/mol. The fourth-order valence-corrected chi connectivity index (χ4v) is 3.64.